The molecule has 0 saturated carbocycles. The summed E-state index contributed by atoms with van der Waals surface area (Å²) in [5, 5.41) is 0. The van der Waals surface area contributed by atoms with Crippen molar-refractivity contribution in [1.29, 1.82) is 0 Å². The lowest BCUT2D eigenvalue weighted by atomic mass is 9.92. The van der Waals surface area contributed by atoms with E-state index in [0.29, 0.717) is 29.9 Å². The van der Waals surface area contributed by atoms with Crippen LogP contribution < -0.4 is 9.47 Å². The molecule has 1 saturated heterocycles. The highest BCUT2D eigenvalue weighted by molar-refractivity contribution is 5.81. The van der Waals surface area contributed by atoms with Crippen LogP contribution in [0.15, 0.2) is 54.6 Å². The number of esters is 1. The van der Waals surface area contributed by atoms with Crippen LogP contribution in [0.25, 0.3) is 0 Å². The second-order valence-electron chi connectivity index (χ2n) is 7.94. The normalized spacial score (nSPS) is 18.5. The number of piperidine rings is 1. The third kappa shape index (κ3) is 6.79. The van der Waals surface area contributed by atoms with Gasteiger partial charge in [0.2, 0.25) is 0 Å². The SMILES string of the molecule is CC1CC(C)CN(C(=O)COC(=O)COc2ccc(OCc3ccccc3)cc2)C1. The van der Waals surface area contributed by atoms with Crippen LogP contribution in [-0.2, 0) is 20.9 Å². The Morgan fingerprint density at radius 1 is 0.867 bits per heavy atom. The van der Waals surface area contributed by atoms with Crippen LogP contribution in [0.3, 0.4) is 0 Å². The molecule has 3 rings (SSSR count). The Hall–Kier alpha value is -3.02. The molecule has 1 amide bonds. The van der Waals surface area contributed by atoms with Crippen molar-refractivity contribution in [2.75, 3.05) is 26.3 Å². The minimum atomic E-state index is -0.564. The van der Waals surface area contributed by atoms with Crippen molar-refractivity contribution in [3.8, 4) is 11.5 Å². The molecule has 1 fully saturated rings. The summed E-state index contributed by atoms with van der Waals surface area (Å²) in [5.41, 5.74) is 1.09. The number of carbonyl (C=O) groups excluding carboxylic acids is 2. The average Bonchev–Trinajstić information content (AvgIpc) is 2.75. The molecule has 0 N–H and O–H groups in total. The maximum atomic E-state index is 12.3. The zero-order chi connectivity index (χ0) is 21.3. The van der Waals surface area contributed by atoms with Crippen molar-refractivity contribution in [3.05, 3.63) is 60.2 Å². The Morgan fingerprint density at radius 3 is 2.10 bits per heavy atom. The van der Waals surface area contributed by atoms with Gasteiger partial charge in [-0.25, -0.2) is 4.79 Å². The molecular formula is C24H29NO5. The van der Waals surface area contributed by atoms with E-state index in [1.165, 1.54) is 0 Å². The predicted molar refractivity (Wildman–Crippen MR) is 113 cm³/mol. The Bertz CT molecular complexity index is 811. The van der Waals surface area contributed by atoms with Gasteiger partial charge in [-0.1, -0.05) is 44.2 Å². The van der Waals surface area contributed by atoms with E-state index in [9.17, 15) is 9.59 Å². The number of nitrogens with zero attached hydrogens (tertiary/aromatic N) is 1. The fourth-order valence-electron chi connectivity index (χ4n) is 3.66. The molecule has 2 unspecified atom stereocenters. The summed E-state index contributed by atoms with van der Waals surface area (Å²) >= 11 is 0. The summed E-state index contributed by atoms with van der Waals surface area (Å²) < 4.78 is 16.2. The van der Waals surface area contributed by atoms with Gasteiger partial charge in [0.1, 0.15) is 18.1 Å². The minimum absolute atomic E-state index is 0.151. The van der Waals surface area contributed by atoms with Gasteiger partial charge in [0.15, 0.2) is 13.2 Å². The highest BCUT2D eigenvalue weighted by Crippen LogP contribution is 2.21. The number of rotatable bonds is 8. The molecule has 2 aromatic rings. The van der Waals surface area contributed by atoms with Gasteiger partial charge in [-0.3, -0.25) is 4.79 Å². The molecule has 0 spiro atoms. The number of benzene rings is 2. The lowest BCUT2D eigenvalue weighted by molar-refractivity contribution is -0.154. The summed E-state index contributed by atoms with van der Waals surface area (Å²) in [4.78, 5) is 26.0. The molecule has 0 bridgehead atoms. The van der Waals surface area contributed by atoms with Gasteiger partial charge in [0.05, 0.1) is 0 Å². The number of hydrogen-bond donors (Lipinski definition) is 0. The topological polar surface area (TPSA) is 65.1 Å². The van der Waals surface area contributed by atoms with Crippen LogP contribution in [0.4, 0.5) is 0 Å². The van der Waals surface area contributed by atoms with Crippen LogP contribution >= 0.6 is 0 Å². The largest absolute Gasteiger partial charge is 0.489 e. The zero-order valence-corrected chi connectivity index (χ0v) is 17.6. The summed E-state index contributed by atoms with van der Waals surface area (Å²) in [6.45, 7) is 5.70. The molecule has 2 atom stereocenters. The van der Waals surface area contributed by atoms with Gasteiger partial charge in [-0.05, 0) is 48.1 Å². The van der Waals surface area contributed by atoms with Gasteiger partial charge in [-0.2, -0.15) is 0 Å². The fourth-order valence-corrected chi connectivity index (χ4v) is 3.66. The van der Waals surface area contributed by atoms with Crippen molar-refractivity contribution in [3.63, 3.8) is 0 Å². The van der Waals surface area contributed by atoms with E-state index in [1.807, 2.05) is 30.3 Å². The Morgan fingerprint density at radius 2 is 1.47 bits per heavy atom. The molecule has 1 aliphatic heterocycles. The standard InChI is InChI=1S/C24H29NO5/c1-18-12-19(2)14-25(13-18)23(26)16-30-24(27)17-29-22-10-8-21(9-11-22)28-15-20-6-4-3-5-7-20/h3-11,18-19H,12-17H2,1-2H3. The number of ether oxygens (including phenoxy) is 3. The Labute approximate surface area is 177 Å². The van der Waals surface area contributed by atoms with Crippen LogP contribution in [-0.4, -0.2) is 43.1 Å². The van der Waals surface area contributed by atoms with Gasteiger partial charge in [0, 0.05) is 13.1 Å². The molecule has 160 valence electrons. The van der Waals surface area contributed by atoms with E-state index in [-0.39, 0.29) is 19.1 Å². The van der Waals surface area contributed by atoms with E-state index in [2.05, 4.69) is 13.8 Å². The van der Waals surface area contributed by atoms with Gasteiger partial charge in [-0.15, -0.1) is 0 Å². The zero-order valence-electron chi connectivity index (χ0n) is 17.6. The van der Waals surface area contributed by atoms with Crippen LogP contribution in [0.5, 0.6) is 11.5 Å². The molecule has 30 heavy (non-hydrogen) atoms. The van der Waals surface area contributed by atoms with Gasteiger partial charge < -0.3 is 19.1 Å². The van der Waals surface area contributed by atoms with Crippen LogP contribution in [0.1, 0.15) is 25.8 Å². The monoisotopic (exact) mass is 411 g/mol. The third-order valence-electron chi connectivity index (χ3n) is 5.01. The first-order valence-electron chi connectivity index (χ1n) is 10.3. The maximum Gasteiger partial charge on any atom is 0.344 e. The first kappa shape index (κ1) is 21.7. The fraction of sp³-hybridized carbons (Fsp3) is 0.417. The van der Waals surface area contributed by atoms with E-state index in [0.717, 1.165) is 25.1 Å². The molecule has 0 aromatic heterocycles. The van der Waals surface area contributed by atoms with Gasteiger partial charge >= 0.3 is 5.97 Å². The summed E-state index contributed by atoms with van der Waals surface area (Å²) in [6.07, 6.45) is 1.12. The van der Waals surface area contributed by atoms with Crippen molar-refractivity contribution in [1.82, 2.24) is 4.90 Å². The van der Waals surface area contributed by atoms with Gasteiger partial charge in [0.25, 0.3) is 5.91 Å². The molecular weight excluding hydrogens is 382 g/mol. The lowest BCUT2D eigenvalue weighted by Gasteiger charge is -2.34. The highest BCUT2D eigenvalue weighted by atomic mass is 16.6. The maximum absolute atomic E-state index is 12.3. The summed E-state index contributed by atoms with van der Waals surface area (Å²) in [7, 11) is 0. The second-order valence-corrected chi connectivity index (χ2v) is 7.94. The van der Waals surface area contributed by atoms with Crippen molar-refractivity contribution in [2.45, 2.75) is 26.9 Å². The second kappa shape index (κ2) is 10.7. The minimum Gasteiger partial charge on any atom is -0.489 e. The number of amides is 1. The predicted octanol–water partition coefficient (Wildman–Crippen LogP) is 3.69. The van der Waals surface area contributed by atoms with E-state index in [4.69, 9.17) is 14.2 Å². The number of hydrogen-bond acceptors (Lipinski definition) is 5. The van der Waals surface area contributed by atoms with E-state index in [1.54, 1.807) is 29.2 Å². The number of carbonyl (C=O) groups is 2. The third-order valence-corrected chi connectivity index (χ3v) is 5.01. The molecule has 6 heteroatoms. The van der Waals surface area contributed by atoms with Crippen LogP contribution in [0, 0.1) is 11.8 Å². The van der Waals surface area contributed by atoms with Crippen LogP contribution in [0.2, 0.25) is 0 Å². The Kier molecular flexibility index (Phi) is 7.71. The highest BCUT2D eigenvalue weighted by Gasteiger charge is 2.25. The molecule has 1 heterocycles. The lowest BCUT2D eigenvalue weighted by Crippen LogP contribution is -2.44. The quantitative estimate of drug-likeness (QED) is 0.620. The molecule has 6 nitrogen and oxygen atoms in total. The van der Waals surface area contributed by atoms with Crippen molar-refractivity contribution >= 4 is 11.9 Å². The molecule has 1 aliphatic rings. The smallest absolute Gasteiger partial charge is 0.344 e. The molecule has 0 aliphatic carbocycles. The molecule has 2 aromatic carbocycles. The van der Waals surface area contributed by atoms with Crippen molar-refractivity contribution < 1.29 is 23.8 Å². The summed E-state index contributed by atoms with van der Waals surface area (Å²) in [6, 6.07) is 16.9. The van der Waals surface area contributed by atoms with E-state index >= 15 is 0 Å². The first-order chi connectivity index (χ1) is 14.5. The summed E-state index contributed by atoms with van der Waals surface area (Å²) in [5.74, 6) is 1.47. The number of likely N-dealkylation sites (tertiary alicyclic amines) is 1. The molecule has 0 radical (unpaired) electrons. The Balaban J connectivity index is 1.36. The first-order valence-corrected chi connectivity index (χ1v) is 10.3. The average molecular weight is 411 g/mol. The van der Waals surface area contributed by atoms with E-state index < -0.39 is 5.97 Å². The van der Waals surface area contributed by atoms with Crippen molar-refractivity contribution in [2.24, 2.45) is 11.8 Å².